The van der Waals surface area contributed by atoms with Crippen LogP contribution < -0.4 is 5.32 Å². The standard InChI is InChI=1S/C15H11F2NO3/c1-8-2-4-10(13(17)6-8)14(19)18-9-3-5-12(16)11(7-9)15(20)21/h2-7H,1H3,(H,18,19)(H,20,21). The molecule has 0 unspecified atom stereocenters. The molecule has 0 spiro atoms. The van der Waals surface area contributed by atoms with Crippen LogP contribution >= 0.6 is 0 Å². The highest BCUT2D eigenvalue weighted by Gasteiger charge is 2.15. The second kappa shape index (κ2) is 5.70. The topological polar surface area (TPSA) is 66.4 Å². The number of aromatic carboxylic acids is 1. The molecule has 0 heterocycles. The minimum absolute atomic E-state index is 0.0683. The summed E-state index contributed by atoms with van der Waals surface area (Å²) < 4.78 is 26.9. The maximum atomic E-state index is 13.7. The monoisotopic (exact) mass is 291 g/mol. The van der Waals surface area contributed by atoms with Crippen LogP contribution in [-0.4, -0.2) is 17.0 Å². The van der Waals surface area contributed by atoms with Crippen LogP contribution in [0.1, 0.15) is 26.3 Å². The van der Waals surface area contributed by atoms with Crippen molar-refractivity contribution in [3.8, 4) is 0 Å². The van der Waals surface area contributed by atoms with Crippen LogP contribution in [-0.2, 0) is 0 Å². The lowest BCUT2D eigenvalue weighted by molar-refractivity contribution is 0.0691. The first-order valence-electron chi connectivity index (χ1n) is 5.99. The fourth-order valence-corrected chi connectivity index (χ4v) is 1.77. The lowest BCUT2D eigenvalue weighted by Gasteiger charge is -2.08. The molecule has 0 atom stereocenters. The predicted molar refractivity (Wildman–Crippen MR) is 72.4 cm³/mol. The zero-order valence-electron chi connectivity index (χ0n) is 11.0. The third-order valence-electron chi connectivity index (χ3n) is 2.82. The van der Waals surface area contributed by atoms with Gasteiger partial charge in [0, 0.05) is 5.69 Å². The highest BCUT2D eigenvalue weighted by molar-refractivity contribution is 6.05. The molecule has 2 aromatic carbocycles. The number of rotatable bonds is 3. The van der Waals surface area contributed by atoms with Crippen LogP contribution in [0, 0.1) is 18.6 Å². The predicted octanol–water partition coefficient (Wildman–Crippen LogP) is 3.22. The molecule has 0 aliphatic carbocycles. The fourth-order valence-electron chi connectivity index (χ4n) is 1.77. The molecule has 0 aliphatic heterocycles. The van der Waals surface area contributed by atoms with Gasteiger partial charge < -0.3 is 10.4 Å². The van der Waals surface area contributed by atoms with E-state index in [2.05, 4.69) is 5.32 Å². The maximum absolute atomic E-state index is 13.7. The van der Waals surface area contributed by atoms with Crippen molar-refractivity contribution >= 4 is 17.6 Å². The maximum Gasteiger partial charge on any atom is 0.338 e. The van der Waals surface area contributed by atoms with E-state index in [4.69, 9.17) is 5.11 Å². The van der Waals surface area contributed by atoms with Gasteiger partial charge in [-0.15, -0.1) is 0 Å². The highest BCUT2D eigenvalue weighted by atomic mass is 19.1. The number of carboxylic acid groups (broad SMARTS) is 1. The van der Waals surface area contributed by atoms with E-state index in [1.54, 1.807) is 13.0 Å². The van der Waals surface area contributed by atoms with Crippen molar-refractivity contribution in [3.05, 3.63) is 64.7 Å². The van der Waals surface area contributed by atoms with E-state index < -0.39 is 29.1 Å². The van der Waals surface area contributed by atoms with E-state index in [1.807, 2.05) is 0 Å². The number of aryl methyl sites for hydroxylation is 1. The second-order valence-corrected chi connectivity index (χ2v) is 4.44. The van der Waals surface area contributed by atoms with Crippen LogP contribution in [0.3, 0.4) is 0 Å². The minimum atomic E-state index is -1.45. The van der Waals surface area contributed by atoms with Gasteiger partial charge >= 0.3 is 5.97 Å². The van der Waals surface area contributed by atoms with E-state index in [-0.39, 0.29) is 11.3 Å². The van der Waals surface area contributed by atoms with E-state index >= 15 is 0 Å². The molecule has 108 valence electrons. The van der Waals surface area contributed by atoms with Gasteiger partial charge in [-0.2, -0.15) is 0 Å². The van der Waals surface area contributed by atoms with Gasteiger partial charge in [0.15, 0.2) is 0 Å². The normalized spacial score (nSPS) is 10.2. The average molecular weight is 291 g/mol. The highest BCUT2D eigenvalue weighted by Crippen LogP contribution is 2.17. The van der Waals surface area contributed by atoms with Gasteiger partial charge in [-0.3, -0.25) is 4.79 Å². The number of halogens is 2. The molecular weight excluding hydrogens is 280 g/mol. The Labute approximate surface area is 119 Å². The average Bonchev–Trinajstić information content (AvgIpc) is 2.40. The van der Waals surface area contributed by atoms with E-state index in [9.17, 15) is 18.4 Å². The molecular formula is C15H11F2NO3. The molecule has 0 radical (unpaired) electrons. The summed E-state index contributed by atoms with van der Waals surface area (Å²) in [5, 5.41) is 11.1. The first-order valence-corrected chi connectivity index (χ1v) is 5.99. The van der Waals surface area contributed by atoms with E-state index in [0.29, 0.717) is 5.56 Å². The molecule has 4 nitrogen and oxygen atoms in total. The zero-order chi connectivity index (χ0) is 15.6. The largest absolute Gasteiger partial charge is 0.478 e. The van der Waals surface area contributed by atoms with Gasteiger partial charge in [0.2, 0.25) is 0 Å². The van der Waals surface area contributed by atoms with Gasteiger partial charge in [-0.1, -0.05) is 6.07 Å². The van der Waals surface area contributed by atoms with Crippen molar-refractivity contribution in [2.24, 2.45) is 0 Å². The van der Waals surface area contributed by atoms with Gasteiger partial charge in [0.1, 0.15) is 11.6 Å². The summed E-state index contributed by atoms with van der Waals surface area (Å²) in [5.41, 5.74) is -0.0169. The van der Waals surface area contributed by atoms with E-state index in [0.717, 1.165) is 12.1 Å². The van der Waals surface area contributed by atoms with Crippen LogP contribution in [0.5, 0.6) is 0 Å². The molecule has 2 rings (SSSR count). The number of carbonyl (C=O) groups is 2. The number of hydrogen-bond donors (Lipinski definition) is 2. The summed E-state index contributed by atoms with van der Waals surface area (Å²) in [6.45, 7) is 1.68. The molecule has 0 aliphatic rings. The third kappa shape index (κ3) is 3.22. The van der Waals surface area contributed by atoms with Gasteiger partial charge in [-0.05, 0) is 42.8 Å². The lowest BCUT2D eigenvalue weighted by Crippen LogP contribution is -2.14. The Hall–Kier alpha value is -2.76. The molecule has 0 saturated heterocycles. The zero-order valence-corrected chi connectivity index (χ0v) is 11.0. The fraction of sp³-hybridized carbons (Fsp3) is 0.0667. The third-order valence-corrected chi connectivity index (χ3v) is 2.82. The first-order chi connectivity index (χ1) is 9.88. The SMILES string of the molecule is Cc1ccc(C(=O)Nc2ccc(F)c(C(=O)O)c2)c(F)c1. The number of benzene rings is 2. The molecule has 0 fully saturated rings. The summed E-state index contributed by atoms with van der Waals surface area (Å²) in [6.07, 6.45) is 0. The summed E-state index contributed by atoms with van der Waals surface area (Å²) in [5.74, 6) is -3.80. The number of anilines is 1. The van der Waals surface area contributed by atoms with Crippen molar-refractivity contribution in [3.63, 3.8) is 0 Å². The van der Waals surface area contributed by atoms with Crippen LogP contribution in [0.15, 0.2) is 36.4 Å². The van der Waals surface area contributed by atoms with Gasteiger partial charge in [-0.25, -0.2) is 13.6 Å². The molecule has 0 aromatic heterocycles. The number of carbonyl (C=O) groups excluding carboxylic acids is 1. The van der Waals surface area contributed by atoms with Crippen LogP contribution in [0.25, 0.3) is 0 Å². The minimum Gasteiger partial charge on any atom is -0.478 e. The molecule has 6 heteroatoms. The number of hydrogen-bond acceptors (Lipinski definition) is 2. The Morgan fingerprint density at radius 3 is 2.33 bits per heavy atom. The van der Waals surface area contributed by atoms with Gasteiger partial charge in [0.05, 0.1) is 11.1 Å². The number of amides is 1. The Morgan fingerprint density at radius 2 is 1.71 bits per heavy atom. The molecule has 1 amide bonds. The van der Waals surface area contributed by atoms with Crippen molar-refractivity contribution in [1.29, 1.82) is 0 Å². The Kier molecular flexibility index (Phi) is 3.98. The van der Waals surface area contributed by atoms with Crippen molar-refractivity contribution in [2.45, 2.75) is 6.92 Å². The molecule has 21 heavy (non-hydrogen) atoms. The number of carboxylic acids is 1. The summed E-state index contributed by atoms with van der Waals surface area (Å²) in [7, 11) is 0. The van der Waals surface area contributed by atoms with Crippen LogP contribution in [0.4, 0.5) is 14.5 Å². The van der Waals surface area contributed by atoms with E-state index in [1.165, 1.54) is 18.2 Å². The van der Waals surface area contributed by atoms with Crippen LogP contribution in [0.2, 0.25) is 0 Å². The molecule has 0 bridgehead atoms. The summed E-state index contributed by atoms with van der Waals surface area (Å²) >= 11 is 0. The Bertz CT molecular complexity index is 729. The Balaban J connectivity index is 2.27. The quantitative estimate of drug-likeness (QED) is 0.912. The van der Waals surface area contributed by atoms with Crippen molar-refractivity contribution in [1.82, 2.24) is 0 Å². The summed E-state index contributed by atoms with van der Waals surface area (Å²) in [6, 6.07) is 7.20. The first kappa shape index (κ1) is 14.6. The second-order valence-electron chi connectivity index (χ2n) is 4.44. The number of nitrogens with one attached hydrogen (secondary N) is 1. The van der Waals surface area contributed by atoms with Gasteiger partial charge in [0.25, 0.3) is 5.91 Å². The smallest absolute Gasteiger partial charge is 0.338 e. The van der Waals surface area contributed by atoms with Crippen molar-refractivity contribution < 1.29 is 23.5 Å². The lowest BCUT2D eigenvalue weighted by atomic mass is 10.1. The molecule has 0 saturated carbocycles. The molecule has 2 N–H and O–H groups in total. The molecule has 2 aromatic rings. The summed E-state index contributed by atoms with van der Waals surface area (Å²) in [4.78, 5) is 22.7. The van der Waals surface area contributed by atoms with Crippen molar-refractivity contribution in [2.75, 3.05) is 5.32 Å². The Morgan fingerprint density at radius 1 is 1.00 bits per heavy atom.